The maximum absolute atomic E-state index is 12.4. The Morgan fingerprint density at radius 1 is 0.783 bits per heavy atom. The van der Waals surface area contributed by atoms with E-state index in [4.69, 9.17) is 27.8 Å². The van der Waals surface area contributed by atoms with Gasteiger partial charge in [0.1, 0.15) is 35.1 Å². The zero-order valence-corrected chi connectivity index (χ0v) is 29.3. The Balaban J connectivity index is 0.000000209. The number of fused-ring (bicyclic) bond motifs is 2. The number of ether oxygens (including phenoxy) is 4. The van der Waals surface area contributed by atoms with Crippen LogP contribution in [0, 0.1) is 21.7 Å². The predicted octanol–water partition coefficient (Wildman–Crippen LogP) is 9.49. The summed E-state index contributed by atoms with van der Waals surface area (Å²) in [4.78, 5) is 24.6. The van der Waals surface area contributed by atoms with Gasteiger partial charge in [-0.15, -0.1) is 0 Å². The molecule has 0 radical (unpaired) electrons. The predicted molar refractivity (Wildman–Crippen MR) is 180 cm³/mol. The number of ketones is 1. The molecule has 0 aliphatic carbocycles. The van der Waals surface area contributed by atoms with Gasteiger partial charge in [0, 0.05) is 21.6 Å². The molecular weight excluding hydrogens is 584 g/mol. The van der Waals surface area contributed by atoms with Gasteiger partial charge < -0.3 is 27.8 Å². The van der Waals surface area contributed by atoms with E-state index >= 15 is 0 Å². The van der Waals surface area contributed by atoms with Crippen molar-refractivity contribution < 1.29 is 37.4 Å². The Morgan fingerprint density at radius 3 is 1.85 bits per heavy atom. The molecule has 0 fully saturated rings. The standard InChI is InChI=1S/C19H24O5.C19H24O3/c1-18(2,3)17(21)19(4,5)11-23-16(20)15-10-12-9-13(22-6)7-8-14(12)24-15;1-18(2,3)17-16(21-11-19(17,4)5)15-10-12-9-13(20-6)7-8-14(12)22-15/h7-10H,11H2,1-6H3;7-10H,11H2,1-6H3. The van der Waals surface area contributed by atoms with Crippen molar-refractivity contribution in [3.05, 3.63) is 65.6 Å². The first-order valence-electron chi connectivity index (χ1n) is 15.5. The van der Waals surface area contributed by atoms with Crippen molar-refractivity contribution in [3.63, 3.8) is 0 Å². The van der Waals surface area contributed by atoms with E-state index in [0.717, 1.165) is 33.6 Å². The molecule has 5 rings (SSSR count). The molecule has 0 atom stereocenters. The maximum Gasteiger partial charge on any atom is 0.374 e. The van der Waals surface area contributed by atoms with Crippen LogP contribution < -0.4 is 9.47 Å². The van der Waals surface area contributed by atoms with E-state index in [1.807, 2.05) is 45.0 Å². The van der Waals surface area contributed by atoms with Crippen LogP contribution >= 0.6 is 0 Å². The Hall–Kier alpha value is -4.20. The summed E-state index contributed by atoms with van der Waals surface area (Å²) in [5, 5.41) is 1.79. The van der Waals surface area contributed by atoms with Crippen molar-refractivity contribution in [1.29, 1.82) is 0 Å². The average molecular weight is 633 g/mol. The topological polar surface area (TPSA) is 97.3 Å². The van der Waals surface area contributed by atoms with Crippen LogP contribution in [0.25, 0.3) is 27.7 Å². The fraction of sp³-hybridized carbons (Fsp3) is 0.474. The van der Waals surface area contributed by atoms with Crippen molar-refractivity contribution in [1.82, 2.24) is 0 Å². The highest BCUT2D eigenvalue weighted by atomic mass is 16.5. The molecule has 1 aliphatic rings. The lowest BCUT2D eigenvalue weighted by Crippen LogP contribution is -2.38. The van der Waals surface area contributed by atoms with Crippen molar-refractivity contribution >= 4 is 39.5 Å². The highest BCUT2D eigenvalue weighted by Crippen LogP contribution is 2.50. The molecule has 0 saturated carbocycles. The monoisotopic (exact) mass is 632 g/mol. The van der Waals surface area contributed by atoms with Crippen molar-refractivity contribution in [2.75, 3.05) is 27.4 Å². The number of carbonyl (C=O) groups is 2. The molecule has 2 aromatic heterocycles. The molecule has 4 aromatic rings. The summed E-state index contributed by atoms with van der Waals surface area (Å²) in [5.74, 6) is 2.78. The summed E-state index contributed by atoms with van der Waals surface area (Å²) < 4.78 is 33.3. The van der Waals surface area contributed by atoms with E-state index in [-0.39, 0.29) is 29.0 Å². The lowest BCUT2D eigenvalue weighted by atomic mass is 9.71. The molecule has 0 N–H and O–H groups in total. The second kappa shape index (κ2) is 12.5. The molecule has 8 nitrogen and oxygen atoms in total. The van der Waals surface area contributed by atoms with Crippen molar-refractivity contribution in [2.45, 2.75) is 69.2 Å². The number of carbonyl (C=O) groups excluding carboxylic acids is 2. The van der Waals surface area contributed by atoms with Crippen LogP contribution in [0.2, 0.25) is 0 Å². The van der Waals surface area contributed by atoms with Gasteiger partial charge in [-0.25, -0.2) is 4.79 Å². The molecule has 0 amide bonds. The van der Waals surface area contributed by atoms with Gasteiger partial charge in [-0.3, -0.25) is 4.79 Å². The summed E-state index contributed by atoms with van der Waals surface area (Å²) in [6.45, 7) is 20.9. The minimum Gasteiger partial charge on any atom is -0.497 e. The van der Waals surface area contributed by atoms with E-state index in [1.165, 1.54) is 5.57 Å². The van der Waals surface area contributed by atoms with Gasteiger partial charge >= 0.3 is 5.97 Å². The van der Waals surface area contributed by atoms with Gasteiger partial charge in [-0.2, -0.15) is 0 Å². The molecule has 0 unspecified atom stereocenters. The van der Waals surface area contributed by atoms with Gasteiger partial charge in [0.15, 0.2) is 11.5 Å². The van der Waals surface area contributed by atoms with E-state index in [2.05, 4.69) is 34.6 Å². The van der Waals surface area contributed by atoms with Crippen molar-refractivity contribution in [3.8, 4) is 11.5 Å². The molecule has 3 heterocycles. The smallest absolute Gasteiger partial charge is 0.374 e. The second-order valence-electron chi connectivity index (χ2n) is 15.2. The Kier molecular flexibility index (Phi) is 9.45. The molecule has 46 heavy (non-hydrogen) atoms. The highest BCUT2D eigenvalue weighted by molar-refractivity contribution is 5.94. The first kappa shape index (κ1) is 34.7. The number of methoxy groups -OCH3 is 2. The largest absolute Gasteiger partial charge is 0.497 e. The number of furan rings is 2. The number of esters is 1. The van der Waals surface area contributed by atoms with Crippen LogP contribution in [0.15, 0.2) is 62.9 Å². The average Bonchev–Trinajstić information content (AvgIpc) is 3.68. The van der Waals surface area contributed by atoms with Gasteiger partial charge in [-0.1, -0.05) is 55.4 Å². The summed E-state index contributed by atoms with van der Waals surface area (Å²) in [6, 6.07) is 14.8. The molecule has 1 aliphatic heterocycles. The van der Waals surface area contributed by atoms with Gasteiger partial charge in [-0.05, 0) is 73.4 Å². The SMILES string of the molecule is COc1ccc2oc(C(=O)OCC(C)(C)C(=O)C(C)(C)C)cc2c1.COc1ccc2oc(C3=C(C(C)(C)C)C(C)(C)CO3)cc2c1. The number of hydrogen-bond acceptors (Lipinski definition) is 8. The number of benzene rings is 2. The van der Waals surface area contributed by atoms with Gasteiger partial charge in [0.05, 0.1) is 26.2 Å². The van der Waals surface area contributed by atoms with Crippen LogP contribution in [0.4, 0.5) is 0 Å². The molecule has 248 valence electrons. The lowest BCUT2D eigenvalue weighted by molar-refractivity contribution is -0.137. The van der Waals surface area contributed by atoms with Gasteiger partial charge in [0.25, 0.3) is 0 Å². The zero-order valence-electron chi connectivity index (χ0n) is 29.3. The van der Waals surface area contributed by atoms with E-state index in [0.29, 0.717) is 17.9 Å². The summed E-state index contributed by atoms with van der Waals surface area (Å²) in [6.07, 6.45) is 0. The van der Waals surface area contributed by atoms with Gasteiger partial charge in [0.2, 0.25) is 5.76 Å². The van der Waals surface area contributed by atoms with Crippen LogP contribution in [0.3, 0.4) is 0 Å². The quantitative estimate of drug-likeness (QED) is 0.186. The van der Waals surface area contributed by atoms with E-state index in [9.17, 15) is 9.59 Å². The molecule has 0 spiro atoms. The van der Waals surface area contributed by atoms with Crippen LogP contribution in [-0.4, -0.2) is 39.2 Å². The zero-order chi connectivity index (χ0) is 34.2. The number of Topliss-reactive ketones (excluding diaryl/α,β-unsaturated/α-hetero) is 1. The Morgan fingerprint density at radius 2 is 1.33 bits per heavy atom. The van der Waals surface area contributed by atoms with Crippen LogP contribution in [-0.2, 0) is 14.3 Å². The minimum absolute atomic E-state index is 0.00228. The third-order valence-corrected chi connectivity index (χ3v) is 7.96. The fourth-order valence-corrected chi connectivity index (χ4v) is 6.16. The first-order chi connectivity index (χ1) is 21.3. The summed E-state index contributed by atoms with van der Waals surface area (Å²) in [7, 11) is 3.25. The summed E-state index contributed by atoms with van der Waals surface area (Å²) in [5.41, 5.74) is 1.54. The van der Waals surface area contributed by atoms with Crippen molar-refractivity contribution in [2.24, 2.45) is 21.7 Å². The van der Waals surface area contributed by atoms with Crippen LogP contribution in [0.1, 0.15) is 85.6 Å². The number of rotatable bonds is 7. The van der Waals surface area contributed by atoms with E-state index < -0.39 is 16.8 Å². The Bertz CT molecular complexity index is 1770. The molecule has 2 aromatic carbocycles. The third-order valence-electron chi connectivity index (χ3n) is 7.96. The third kappa shape index (κ3) is 7.43. The van der Waals surface area contributed by atoms with Crippen LogP contribution in [0.5, 0.6) is 11.5 Å². The minimum atomic E-state index is -0.761. The lowest BCUT2D eigenvalue weighted by Gasteiger charge is -2.30. The first-order valence-corrected chi connectivity index (χ1v) is 15.5. The number of hydrogen-bond donors (Lipinski definition) is 0. The van der Waals surface area contributed by atoms with E-state index in [1.54, 1.807) is 52.3 Å². The Labute approximate surface area is 272 Å². The molecular formula is C38H48O8. The molecule has 0 bridgehead atoms. The fourth-order valence-electron chi connectivity index (χ4n) is 6.16. The molecule has 0 saturated heterocycles. The molecule has 8 heteroatoms. The summed E-state index contributed by atoms with van der Waals surface area (Å²) >= 11 is 0. The normalized spacial score (nSPS) is 15.0. The second-order valence-corrected chi connectivity index (χ2v) is 15.2. The highest BCUT2D eigenvalue weighted by Gasteiger charge is 2.42. The maximum atomic E-state index is 12.4.